The van der Waals surface area contributed by atoms with Gasteiger partial charge in [0.15, 0.2) is 5.65 Å². The lowest BCUT2D eigenvalue weighted by Crippen LogP contribution is -2.40. The molecule has 0 atom stereocenters. The second-order valence-corrected chi connectivity index (χ2v) is 5.82. The lowest BCUT2D eigenvalue weighted by Gasteiger charge is -2.35. The smallest absolute Gasteiger partial charge is 0.215 e. The van der Waals surface area contributed by atoms with Crippen LogP contribution in [0.5, 0.6) is 5.88 Å². The Morgan fingerprint density at radius 3 is 2.71 bits per heavy atom. The van der Waals surface area contributed by atoms with Gasteiger partial charge in [-0.1, -0.05) is 13.3 Å². The van der Waals surface area contributed by atoms with Crippen molar-refractivity contribution in [3.05, 3.63) is 18.0 Å². The molecule has 1 saturated heterocycles. The molecule has 0 unspecified atom stereocenters. The van der Waals surface area contributed by atoms with E-state index in [4.69, 9.17) is 9.72 Å². The maximum atomic E-state index is 5.47. The van der Waals surface area contributed by atoms with Crippen LogP contribution < -0.4 is 10.1 Å². The standard InChI is InChI=1S/C16H24N4O/c1-3-7-16(8-10-17-11-9-16)15-18-12-5-6-13(21-4-2)19-14(12)20-15/h5-6,17H,3-4,7-11H2,1-2H3,(H,18,19,20). The molecule has 0 radical (unpaired) electrons. The fraction of sp³-hybridized carbons (Fsp3) is 0.625. The zero-order valence-electron chi connectivity index (χ0n) is 12.9. The molecule has 2 N–H and O–H groups in total. The molecule has 1 aliphatic rings. The highest BCUT2D eigenvalue weighted by atomic mass is 16.5. The molecular formula is C16H24N4O. The molecule has 0 aliphatic carbocycles. The highest BCUT2D eigenvalue weighted by Gasteiger charge is 2.36. The van der Waals surface area contributed by atoms with Crippen molar-refractivity contribution in [3.63, 3.8) is 0 Å². The molecule has 0 aromatic carbocycles. The van der Waals surface area contributed by atoms with Crippen molar-refractivity contribution in [1.29, 1.82) is 0 Å². The van der Waals surface area contributed by atoms with Crippen molar-refractivity contribution >= 4 is 11.2 Å². The van der Waals surface area contributed by atoms with Crippen LogP contribution in [0.4, 0.5) is 0 Å². The van der Waals surface area contributed by atoms with Gasteiger partial charge in [-0.05, 0) is 45.3 Å². The molecule has 0 bridgehead atoms. The summed E-state index contributed by atoms with van der Waals surface area (Å²) in [6.07, 6.45) is 4.62. The molecule has 114 valence electrons. The molecule has 2 aromatic heterocycles. The first-order valence-corrected chi connectivity index (χ1v) is 7.98. The number of aromatic amines is 1. The van der Waals surface area contributed by atoms with E-state index in [1.54, 1.807) is 0 Å². The van der Waals surface area contributed by atoms with Gasteiger partial charge in [-0.2, -0.15) is 4.98 Å². The Morgan fingerprint density at radius 2 is 2.00 bits per heavy atom. The van der Waals surface area contributed by atoms with E-state index in [1.807, 2.05) is 19.1 Å². The van der Waals surface area contributed by atoms with Crippen LogP contribution in [0.2, 0.25) is 0 Å². The molecule has 2 aromatic rings. The Morgan fingerprint density at radius 1 is 1.19 bits per heavy atom. The van der Waals surface area contributed by atoms with E-state index < -0.39 is 0 Å². The summed E-state index contributed by atoms with van der Waals surface area (Å²) in [5.74, 6) is 1.75. The normalized spacial score (nSPS) is 18.0. The van der Waals surface area contributed by atoms with Gasteiger partial charge in [-0.25, -0.2) is 4.98 Å². The molecule has 3 heterocycles. The van der Waals surface area contributed by atoms with Crippen LogP contribution in [0.25, 0.3) is 11.2 Å². The summed E-state index contributed by atoms with van der Waals surface area (Å²) in [6.45, 7) is 6.97. The van der Waals surface area contributed by atoms with Gasteiger partial charge in [0, 0.05) is 11.5 Å². The summed E-state index contributed by atoms with van der Waals surface area (Å²) in [5.41, 5.74) is 1.94. The van der Waals surface area contributed by atoms with Crippen molar-refractivity contribution in [3.8, 4) is 5.88 Å². The zero-order chi connectivity index (χ0) is 14.7. The summed E-state index contributed by atoms with van der Waals surface area (Å²) in [4.78, 5) is 12.8. The predicted octanol–water partition coefficient (Wildman–Crippen LogP) is 2.78. The first-order chi connectivity index (χ1) is 10.3. The Hall–Kier alpha value is -1.62. The lowest BCUT2D eigenvalue weighted by molar-refractivity contribution is 0.273. The first kappa shape index (κ1) is 14.3. The Bertz CT molecular complexity index is 596. The van der Waals surface area contributed by atoms with E-state index in [9.17, 15) is 0 Å². The number of H-pyrrole nitrogens is 1. The van der Waals surface area contributed by atoms with Gasteiger partial charge < -0.3 is 15.0 Å². The van der Waals surface area contributed by atoms with Crippen molar-refractivity contribution in [1.82, 2.24) is 20.3 Å². The van der Waals surface area contributed by atoms with Crippen molar-refractivity contribution in [2.75, 3.05) is 19.7 Å². The van der Waals surface area contributed by atoms with Crippen LogP contribution in [-0.2, 0) is 5.41 Å². The molecule has 3 rings (SSSR count). The van der Waals surface area contributed by atoms with Gasteiger partial charge in [0.05, 0.1) is 12.1 Å². The highest BCUT2D eigenvalue weighted by Crippen LogP contribution is 2.37. The Kier molecular flexibility index (Phi) is 4.10. The minimum Gasteiger partial charge on any atom is -0.478 e. The number of fused-ring (bicyclic) bond motifs is 1. The van der Waals surface area contributed by atoms with Gasteiger partial charge >= 0.3 is 0 Å². The van der Waals surface area contributed by atoms with Crippen LogP contribution in [-0.4, -0.2) is 34.6 Å². The monoisotopic (exact) mass is 288 g/mol. The number of nitrogens with one attached hydrogen (secondary N) is 2. The Balaban J connectivity index is 1.97. The maximum Gasteiger partial charge on any atom is 0.215 e. The quantitative estimate of drug-likeness (QED) is 0.888. The Labute approximate surface area is 125 Å². The van der Waals surface area contributed by atoms with E-state index in [2.05, 4.69) is 22.2 Å². The van der Waals surface area contributed by atoms with Crippen molar-refractivity contribution in [2.45, 2.75) is 44.9 Å². The van der Waals surface area contributed by atoms with E-state index in [0.717, 1.165) is 42.9 Å². The first-order valence-electron chi connectivity index (χ1n) is 7.98. The largest absolute Gasteiger partial charge is 0.478 e. The number of nitrogens with zero attached hydrogens (tertiary/aromatic N) is 2. The summed E-state index contributed by atoms with van der Waals surface area (Å²) in [7, 11) is 0. The molecule has 0 spiro atoms. The molecule has 1 aliphatic heterocycles. The third-order valence-electron chi connectivity index (χ3n) is 4.40. The second kappa shape index (κ2) is 6.02. The topological polar surface area (TPSA) is 62.8 Å². The summed E-state index contributed by atoms with van der Waals surface area (Å²) in [5, 5.41) is 3.45. The maximum absolute atomic E-state index is 5.47. The summed E-state index contributed by atoms with van der Waals surface area (Å²) >= 11 is 0. The third-order valence-corrected chi connectivity index (χ3v) is 4.40. The van der Waals surface area contributed by atoms with E-state index in [0.29, 0.717) is 12.5 Å². The number of imidazole rings is 1. The van der Waals surface area contributed by atoms with Crippen molar-refractivity contribution < 1.29 is 4.74 Å². The van der Waals surface area contributed by atoms with Gasteiger partial charge in [0.1, 0.15) is 5.82 Å². The van der Waals surface area contributed by atoms with Crippen LogP contribution in [0.3, 0.4) is 0 Å². The number of hydrogen-bond donors (Lipinski definition) is 2. The van der Waals surface area contributed by atoms with Crippen LogP contribution in [0.1, 0.15) is 45.4 Å². The lowest BCUT2D eigenvalue weighted by atomic mass is 9.75. The van der Waals surface area contributed by atoms with Crippen molar-refractivity contribution in [2.24, 2.45) is 0 Å². The van der Waals surface area contributed by atoms with Gasteiger partial charge in [0.25, 0.3) is 0 Å². The number of piperidine rings is 1. The predicted molar refractivity (Wildman–Crippen MR) is 83.7 cm³/mol. The number of hydrogen-bond acceptors (Lipinski definition) is 4. The summed E-state index contributed by atoms with van der Waals surface area (Å²) in [6, 6.07) is 3.92. The molecular weight excluding hydrogens is 264 g/mol. The molecule has 5 nitrogen and oxygen atoms in total. The van der Waals surface area contributed by atoms with E-state index >= 15 is 0 Å². The molecule has 0 saturated carbocycles. The average Bonchev–Trinajstić information content (AvgIpc) is 2.93. The van der Waals surface area contributed by atoms with Gasteiger partial charge in [0.2, 0.25) is 5.88 Å². The fourth-order valence-corrected chi connectivity index (χ4v) is 3.34. The van der Waals surface area contributed by atoms with Crippen LogP contribution in [0.15, 0.2) is 12.1 Å². The fourth-order valence-electron chi connectivity index (χ4n) is 3.34. The molecule has 1 fully saturated rings. The molecule has 0 amide bonds. The number of ether oxygens (including phenoxy) is 1. The molecule has 5 heteroatoms. The number of rotatable bonds is 5. The third kappa shape index (κ3) is 2.75. The van der Waals surface area contributed by atoms with Gasteiger partial charge in [-0.15, -0.1) is 0 Å². The SMILES string of the molecule is CCCC1(c2nc3nc(OCC)ccc3[nH]2)CCNCC1. The van der Waals surface area contributed by atoms with Gasteiger partial charge in [-0.3, -0.25) is 0 Å². The summed E-state index contributed by atoms with van der Waals surface area (Å²) < 4.78 is 5.47. The van der Waals surface area contributed by atoms with E-state index in [-0.39, 0.29) is 5.41 Å². The second-order valence-electron chi connectivity index (χ2n) is 5.82. The minimum atomic E-state index is 0.173. The number of pyridine rings is 1. The zero-order valence-corrected chi connectivity index (χ0v) is 12.9. The van der Waals surface area contributed by atoms with Crippen LogP contribution in [0, 0.1) is 0 Å². The highest BCUT2D eigenvalue weighted by molar-refractivity contribution is 5.71. The average molecular weight is 288 g/mol. The van der Waals surface area contributed by atoms with E-state index in [1.165, 1.54) is 12.8 Å². The minimum absolute atomic E-state index is 0.173. The van der Waals surface area contributed by atoms with Crippen LogP contribution >= 0.6 is 0 Å². The molecule has 21 heavy (non-hydrogen) atoms. The number of aromatic nitrogens is 3.